The van der Waals surface area contributed by atoms with Gasteiger partial charge in [-0.1, -0.05) is 19.3 Å². The topological polar surface area (TPSA) is 29.5 Å². The normalized spacial score (nSPS) is 24.3. The SMILES string of the molecule is COC(C)C(O)CC1CCC1. The van der Waals surface area contributed by atoms with Gasteiger partial charge in [-0.25, -0.2) is 0 Å². The Morgan fingerprint density at radius 1 is 1.55 bits per heavy atom. The van der Waals surface area contributed by atoms with E-state index in [1.807, 2.05) is 6.92 Å². The number of hydrogen-bond acceptors (Lipinski definition) is 2. The molecule has 1 aliphatic carbocycles. The summed E-state index contributed by atoms with van der Waals surface area (Å²) in [5.74, 6) is 0.766. The average Bonchev–Trinajstić information content (AvgIpc) is 1.94. The molecule has 2 unspecified atom stereocenters. The Hall–Kier alpha value is -0.0800. The molecule has 0 radical (unpaired) electrons. The fourth-order valence-electron chi connectivity index (χ4n) is 1.42. The van der Waals surface area contributed by atoms with Crippen molar-refractivity contribution in [1.29, 1.82) is 0 Å². The molecule has 2 nitrogen and oxygen atoms in total. The molecule has 11 heavy (non-hydrogen) atoms. The Kier molecular flexibility index (Phi) is 3.34. The van der Waals surface area contributed by atoms with Gasteiger partial charge in [0.05, 0.1) is 12.2 Å². The molecule has 2 atom stereocenters. The lowest BCUT2D eigenvalue weighted by atomic mass is 9.81. The van der Waals surface area contributed by atoms with E-state index in [9.17, 15) is 5.11 Å². The molecule has 0 aromatic heterocycles. The maximum Gasteiger partial charge on any atom is 0.0802 e. The van der Waals surface area contributed by atoms with Gasteiger partial charge in [0.15, 0.2) is 0 Å². The van der Waals surface area contributed by atoms with E-state index in [2.05, 4.69) is 0 Å². The van der Waals surface area contributed by atoms with Crippen LogP contribution in [0, 0.1) is 5.92 Å². The van der Waals surface area contributed by atoms with E-state index in [-0.39, 0.29) is 12.2 Å². The summed E-state index contributed by atoms with van der Waals surface area (Å²) in [6, 6.07) is 0. The van der Waals surface area contributed by atoms with Crippen LogP contribution in [-0.2, 0) is 4.74 Å². The molecular formula is C9H18O2. The monoisotopic (exact) mass is 158 g/mol. The van der Waals surface area contributed by atoms with Gasteiger partial charge in [-0.05, 0) is 19.3 Å². The minimum absolute atomic E-state index is 0.00407. The van der Waals surface area contributed by atoms with Crippen LogP contribution in [0.4, 0.5) is 0 Å². The zero-order valence-electron chi connectivity index (χ0n) is 7.42. The quantitative estimate of drug-likeness (QED) is 0.673. The fourth-order valence-corrected chi connectivity index (χ4v) is 1.42. The highest BCUT2D eigenvalue weighted by atomic mass is 16.5. The van der Waals surface area contributed by atoms with Gasteiger partial charge in [-0.3, -0.25) is 0 Å². The Morgan fingerprint density at radius 2 is 2.18 bits per heavy atom. The van der Waals surface area contributed by atoms with Crippen molar-refractivity contribution in [1.82, 2.24) is 0 Å². The van der Waals surface area contributed by atoms with Gasteiger partial charge >= 0.3 is 0 Å². The first-order valence-corrected chi connectivity index (χ1v) is 4.45. The minimum atomic E-state index is -0.259. The molecular weight excluding hydrogens is 140 g/mol. The van der Waals surface area contributed by atoms with Gasteiger partial charge in [0, 0.05) is 7.11 Å². The lowest BCUT2D eigenvalue weighted by Crippen LogP contribution is -2.29. The number of methoxy groups -OCH3 is 1. The van der Waals surface area contributed by atoms with Gasteiger partial charge in [0.2, 0.25) is 0 Å². The molecule has 0 bridgehead atoms. The lowest BCUT2D eigenvalue weighted by molar-refractivity contribution is -0.0182. The van der Waals surface area contributed by atoms with Crippen LogP contribution in [0.25, 0.3) is 0 Å². The molecule has 0 saturated heterocycles. The molecule has 1 rings (SSSR count). The standard InChI is InChI=1S/C9H18O2/c1-7(11-2)9(10)6-8-4-3-5-8/h7-10H,3-6H2,1-2H3. The molecule has 66 valence electrons. The molecule has 1 saturated carbocycles. The van der Waals surface area contributed by atoms with Crippen molar-refractivity contribution in [3.63, 3.8) is 0 Å². The van der Waals surface area contributed by atoms with Crippen LogP contribution in [0.1, 0.15) is 32.6 Å². The second kappa shape index (κ2) is 4.07. The van der Waals surface area contributed by atoms with E-state index in [0.29, 0.717) is 0 Å². The van der Waals surface area contributed by atoms with Crippen molar-refractivity contribution in [3.8, 4) is 0 Å². The van der Waals surface area contributed by atoms with Crippen molar-refractivity contribution in [2.45, 2.75) is 44.8 Å². The zero-order chi connectivity index (χ0) is 8.27. The molecule has 1 fully saturated rings. The van der Waals surface area contributed by atoms with Crippen LogP contribution in [0.5, 0.6) is 0 Å². The van der Waals surface area contributed by atoms with Gasteiger partial charge in [0.25, 0.3) is 0 Å². The Bertz CT molecular complexity index is 110. The molecule has 0 spiro atoms. The highest BCUT2D eigenvalue weighted by Crippen LogP contribution is 2.31. The van der Waals surface area contributed by atoms with E-state index < -0.39 is 0 Å². The first-order chi connectivity index (χ1) is 5.24. The Labute approximate surface area is 68.6 Å². The predicted octanol–water partition coefficient (Wildman–Crippen LogP) is 1.57. The number of hydrogen-bond donors (Lipinski definition) is 1. The van der Waals surface area contributed by atoms with E-state index in [1.54, 1.807) is 7.11 Å². The number of rotatable bonds is 4. The van der Waals surface area contributed by atoms with E-state index >= 15 is 0 Å². The number of ether oxygens (including phenoxy) is 1. The second-order valence-corrected chi connectivity index (χ2v) is 3.54. The Morgan fingerprint density at radius 3 is 2.55 bits per heavy atom. The molecule has 1 N–H and O–H groups in total. The molecule has 2 heteroatoms. The lowest BCUT2D eigenvalue weighted by Gasteiger charge is -2.29. The second-order valence-electron chi connectivity index (χ2n) is 3.54. The van der Waals surface area contributed by atoms with Crippen molar-refractivity contribution < 1.29 is 9.84 Å². The predicted molar refractivity (Wildman–Crippen MR) is 44.4 cm³/mol. The number of aliphatic hydroxyl groups excluding tert-OH is 1. The van der Waals surface area contributed by atoms with E-state index in [4.69, 9.17) is 4.74 Å². The summed E-state index contributed by atoms with van der Waals surface area (Å²) >= 11 is 0. The van der Waals surface area contributed by atoms with E-state index in [0.717, 1.165) is 12.3 Å². The Balaban J connectivity index is 2.13. The van der Waals surface area contributed by atoms with Gasteiger partial charge < -0.3 is 9.84 Å². The van der Waals surface area contributed by atoms with Crippen LogP contribution >= 0.6 is 0 Å². The summed E-state index contributed by atoms with van der Waals surface area (Å²) < 4.78 is 5.03. The van der Waals surface area contributed by atoms with Gasteiger partial charge in [-0.15, -0.1) is 0 Å². The average molecular weight is 158 g/mol. The van der Waals surface area contributed by atoms with Crippen LogP contribution in [-0.4, -0.2) is 24.4 Å². The van der Waals surface area contributed by atoms with Gasteiger partial charge in [-0.2, -0.15) is 0 Å². The van der Waals surface area contributed by atoms with Crippen LogP contribution in [0.3, 0.4) is 0 Å². The maximum absolute atomic E-state index is 9.53. The molecule has 0 aromatic carbocycles. The largest absolute Gasteiger partial charge is 0.390 e. The van der Waals surface area contributed by atoms with Crippen molar-refractivity contribution >= 4 is 0 Å². The summed E-state index contributed by atoms with van der Waals surface area (Å²) in [6.45, 7) is 1.92. The number of aliphatic hydroxyl groups is 1. The zero-order valence-corrected chi connectivity index (χ0v) is 7.42. The van der Waals surface area contributed by atoms with Crippen molar-refractivity contribution in [2.24, 2.45) is 5.92 Å². The third-order valence-electron chi connectivity index (χ3n) is 2.71. The van der Waals surface area contributed by atoms with Crippen LogP contribution in [0.15, 0.2) is 0 Å². The third-order valence-corrected chi connectivity index (χ3v) is 2.71. The van der Waals surface area contributed by atoms with Crippen LogP contribution in [0.2, 0.25) is 0 Å². The maximum atomic E-state index is 9.53. The molecule has 1 aliphatic rings. The third kappa shape index (κ3) is 2.46. The highest BCUT2D eigenvalue weighted by molar-refractivity contribution is 4.75. The smallest absolute Gasteiger partial charge is 0.0802 e. The summed E-state index contributed by atoms with van der Waals surface area (Å²) in [7, 11) is 1.65. The fraction of sp³-hybridized carbons (Fsp3) is 1.00. The molecule has 0 aliphatic heterocycles. The summed E-state index contributed by atoms with van der Waals surface area (Å²) in [5.41, 5.74) is 0. The first kappa shape index (κ1) is 9.01. The van der Waals surface area contributed by atoms with Crippen LogP contribution < -0.4 is 0 Å². The first-order valence-electron chi connectivity index (χ1n) is 4.45. The summed E-state index contributed by atoms with van der Waals surface area (Å²) in [6.07, 6.45) is 4.61. The summed E-state index contributed by atoms with van der Waals surface area (Å²) in [5, 5.41) is 9.53. The summed E-state index contributed by atoms with van der Waals surface area (Å²) in [4.78, 5) is 0. The molecule has 0 aromatic rings. The van der Waals surface area contributed by atoms with Crippen molar-refractivity contribution in [2.75, 3.05) is 7.11 Å². The highest BCUT2D eigenvalue weighted by Gasteiger charge is 2.23. The van der Waals surface area contributed by atoms with Gasteiger partial charge in [0.1, 0.15) is 0 Å². The minimum Gasteiger partial charge on any atom is -0.390 e. The molecule has 0 amide bonds. The van der Waals surface area contributed by atoms with E-state index in [1.165, 1.54) is 19.3 Å². The van der Waals surface area contributed by atoms with Crippen molar-refractivity contribution in [3.05, 3.63) is 0 Å². The molecule has 0 heterocycles.